The van der Waals surface area contributed by atoms with E-state index in [2.05, 4.69) is 4.90 Å². The molecule has 1 atom stereocenters. The van der Waals surface area contributed by atoms with Crippen molar-refractivity contribution in [1.82, 2.24) is 4.90 Å². The van der Waals surface area contributed by atoms with Crippen LogP contribution in [0.3, 0.4) is 0 Å². The number of hydrogen-bond donors (Lipinski definition) is 1. The average molecular weight is 271 g/mol. The van der Waals surface area contributed by atoms with Crippen molar-refractivity contribution in [1.29, 1.82) is 0 Å². The quantitative estimate of drug-likeness (QED) is 0.815. The van der Waals surface area contributed by atoms with Crippen LogP contribution < -0.4 is 5.73 Å². The van der Waals surface area contributed by atoms with E-state index >= 15 is 0 Å². The highest BCUT2D eigenvalue weighted by molar-refractivity contribution is 7.92. The van der Waals surface area contributed by atoms with Crippen molar-refractivity contribution in [3.05, 3.63) is 0 Å². The molecule has 1 aliphatic heterocycles. The Hall–Kier alpha value is 0.160. The molecule has 2 N–H and O–H groups in total. The van der Waals surface area contributed by atoms with Gasteiger partial charge in [-0.05, 0) is 33.2 Å². The molecule has 6 heteroatoms. The van der Waals surface area contributed by atoms with Crippen molar-refractivity contribution in [3.63, 3.8) is 0 Å². The van der Waals surface area contributed by atoms with Gasteiger partial charge < -0.3 is 10.6 Å². The third-order valence-electron chi connectivity index (χ3n) is 2.95. The van der Waals surface area contributed by atoms with Gasteiger partial charge in [0.15, 0.2) is 9.84 Å². The van der Waals surface area contributed by atoms with Crippen LogP contribution in [0, 0.1) is 0 Å². The summed E-state index contributed by atoms with van der Waals surface area (Å²) in [5.41, 5.74) is 5.83. The molecule has 1 fully saturated rings. The van der Waals surface area contributed by atoms with E-state index in [1.165, 1.54) is 0 Å². The number of piperidine rings is 1. The highest BCUT2D eigenvalue weighted by Crippen LogP contribution is 2.09. The van der Waals surface area contributed by atoms with Crippen molar-refractivity contribution in [2.45, 2.75) is 38.0 Å². The smallest absolute Gasteiger partial charge is 0.153 e. The summed E-state index contributed by atoms with van der Waals surface area (Å²) < 4.78 is 23.2. The van der Waals surface area contributed by atoms with Gasteiger partial charge in [-0.3, -0.25) is 0 Å². The zero-order chi connectivity index (χ0) is 11.5. The standard InChI is InChI=1S/C10H22N2O2S.ClH/c1-9(2)15(13,14)7-6-12-5-3-4-10(11)8-12;/h9-10H,3-8,11H2,1-2H3;1H/t10-;/m1./s1. The first kappa shape index (κ1) is 16.2. The van der Waals surface area contributed by atoms with Crippen LogP contribution in [-0.4, -0.2) is 50.0 Å². The first-order chi connectivity index (χ1) is 6.92. The van der Waals surface area contributed by atoms with Crippen molar-refractivity contribution in [2.75, 3.05) is 25.4 Å². The van der Waals surface area contributed by atoms with Crippen LogP contribution in [0.4, 0.5) is 0 Å². The summed E-state index contributed by atoms with van der Waals surface area (Å²) in [6.45, 7) is 5.93. The second kappa shape index (κ2) is 6.79. The summed E-state index contributed by atoms with van der Waals surface area (Å²) in [5, 5.41) is -0.268. The molecule has 0 amide bonds. The van der Waals surface area contributed by atoms with Crippen LogP contribution in [0.1, 0.15) is 26.7 Å². The lowest BCUT2D eigenvalue weighted by Gasteiger charge is -2.30. The maximum atomic E-state index is 11.6. The van der Waals surface area contributed by atoms with Gasteiger partial charge in [0.1, 0.15) is 0 Å². The fourth-order valence-electron chi connectivity index (χ4n) is 1.79. The molecule has 0 spiro atoms. The Morgan fingerprint density at radius 3 is 2.56 bits per heavy atom. The molecular formula is C10H23ClN2O2S. The van der Waals surface area contributed by atoms with Gasteiger partial charge in [0.05, 0.1) is 11.0 Å². The Kier molecular flexibility index (Phi) is 6.86. The summed E-state index contributed by atoms with van der Waals surface area (Å²) in [5.74, 6) is 0.261. The Morgan fingerprint density at radius 1 is 1.44 bits per heavy atom. The predicted octanol–water partition coefficient (Wildman–Crippen LogP) is 0.655. The van der Waals surface area contributed by atoms with E-state index in [0.29, 0.717) is 6.54 Å². The normalized spacial score (nSPS) is 23.1. The Balaban J connectivity index is 0.00000225. The minimum absolute atomic E-state index is 0. The Morgan fingerprint density at radius 2 is 2.06 bits per heavy atom. The van der Waals surface area contributed by atoms with E-state index in [9.17, 15) is 8.42 Å². The molecule has 0 aliphatic carbocycles. The number of rotatable bonds is 4. The van der Waals surface area contributed by atoms with Gasteiger partial charge in [-0.2, -0.15) is 0 Å². The fraction of sp³-hybridized carbons (Fsp3) is 1.00. The molecule has 0 aromatic heterocycles. The highest BCUT2D eigenvalue weighted by Gasteiger charge is 2.20. The van der Waals surface area contributed by atoms with Gasteiger partial charge in [0.25, 0.3) is 0 Å². The lowest BCUT2D eigenvalue weighted by molar-refractivity contribution is 0.220. The second-order valence-corrected chi connectivity index (χ2v) is 7.30. The maximum absolute atomic E-state index is 11.6. The zero-order valence-electron chi connectivity index (χ0n) is 10.1. The molecule has 1 rings (SSSR count). The van der Waals surface area contributed by atoms with Gasteiger partial charge in [-0.15, -0.1) is 12.4 Å². The number of halogens is 1. The highest BCUT2D eigenvalue weighted by atomic mass is 35.5. The number of sulfone groups is 1. The van der Waals surface area contributed by atoms with Crippen molar-refractivity contribution >= 4 is 22.2 Å². The fourth-order valence-corrected chi connectivity index (χ4v) is 2.77. The molecule has 0 bridgehead atoms. The molecule has 0 radical (unpaired) electrons. The van der Waals surface area contributed by atoms with E-state index in [-0.39, 0.29) is 29.5 Å². The Labute approximate surface area is 105 Å². The topological polar surface area (TPSA) is 63.4 Å². The summed E-state index contributed by atoms with van der Waals surface area (Å²) in [6.07, 6.45) is 2.15. The molecule has 4 nitrogen and oxygen atoms in total. The molecule has 1 saturated heterocycles. The van der Waals surface area contributed by atoms with Crippen molar-refractivity contribution in [2.24, 2.45) is 5.73 Å². The number of hydrogen-bond acceptors (Lipinski definition) is 4. The van der Waals surface area contributed by atoms with Gasteiger partial charge in [-0.1, -0.05) is 0 Å². The number of nitrogens with zero attached hydrogens (tertiary/aromatic N) is 1. The van der Waals surface area contributed by atoms with Crippen LogP contribution in [-0.2, 0) is 9.84 Å². The van der Waals surface area contributed by atoms with E-state index in [1.807, 2.05) is 0 Å². The number of nitrogens with two attached hydrogens (primary N) is 1. The molecule has 1 heterocycles. The molecule has 16 heavy (non-hydrogen) atoms. The summed E-state index contributed by atoms with van der Waals surface area (Å²) in [6, 6.07) is 0.223. The van der Waals surface area contributed by atoms with E-state index in [4.69, 9.17) is 5.73 Å². The third-order valence-corrected chi connectivity index (χ3v) is 5.14. The summed E-state index contributed by atoms with van der Waals surface area (Å²) in [7, 11) is -2.90. The Bertz CT molecular complexity index is 293. The maximum Gasteiger partial charge on any atom is 0.153 e. The molecule has 0 saturated carbocycles. The molecule has 98 valence electrons. The van der Waals surface area contributed by atoms with E-state index < -0.39 is 9.84 Å². The third kappa shape index (κ3) is 4.99. The van der Waals surface area contributed by atoms with Gasteiger partial charge in [-0.25, -0.2) is 8.42 Å². The van der Waals surface area contributed by atoms with E-state index in [1.54, 1.807) is 13.8 Å². The van der Waals surface area contributed by atoms with Crippen molar-refractivity contribution in [3.8, 4) is 0 Å². The lowest BCUT2D eigenvalue weighted by atomic mass is 10.1. The largest absolute Gasteiger partial charge is 0.327 e. The summed E-state index contributed by atoms with van der Waals surface area (Å²) >= 11 is 0. The van der Waals surface area contributed by atoms with Crippen LogP contribution in [0.5, 0.6) is 0 Å². The lowest BCUT2D eigenvalue weighted by Crippen LogP contribution is -2.44. The van der Waals surface area contributed by atoms with Crippen LogP contribution in [0.2, 0.25) is 0 Å². The minimum Gasteiger partial charge on any atom is -0.327 e. The van der Waals surface area contributed by atoms with Crippen LogP contribution >= 0.6 is 12.4 Å². The van der Waals surface area contributed by atoms with Crippen molar-refractivity contribution < 1.29 is 8.42 Å². The predicted molar refractivity (Wildman–Crippen MR) is 69.8 cm³/mol. The van der Waals surface area contributed by atoms with Gasteiger partial charge >= 0.3 is 0 Å². The second-order valence-electron chi connectivity index (χ2n) is 4.62. The minimum atomic E-state index is -2.90. The molecule has 1 aliphatic rings. The molecule has 0 aromatic rings. The first-order valence-electron chi connectivity index (χ1n) is 5.61. The van der Waals surface area contributed by atoms with Gasteiger partial charge in [0, 0.05) is 19.1 Å². The molecular weight excluding hydrogens is 248 g/mol. The van der Waals surface area contributed by atoms with E-state index in [0.717, 1.165) is 25.9 Å². The summed E-state index contributed by atoms with van der Waals surface area (Å²) in [4.78, 5) is 2.16. The molecule has 0 unspecified atom stereocenters. The molecule has 0 aromatic carbocycles. The van der Waals surface area contributed by atoms with Gasteiger partial charge in [0.2, 0.25) is 0 Å². The average Bonchev–Trinajstić information content (AvgIpc) is 2.15. The monoisotopic (exact) mass is 270 g/mol. The van der Waals surface area contributed by atoms with Crippen LogP contribution in [0.25, 0.3) is 0 Å². The van der Waals surface area contributed by atoms with Crippen LogP contribution in [0.15, 0.2) is 0 Å². The zero-order valence-corrected chi connectivity index (χ0v) is 11.7. The number of likely N-dealkylation sites (tertiary alicyclic amines) is 1. The first-order valence-corrected chi connectivity index (χ1v) is 7.33. The SMILES string of the molecule is CC(C)S(=O)(=O)CCN1CCC[C@@H](N)C1.Cl.